The number of carbonyl (C=O) groups is 3. The minimum absolute atomic E-state index is 0.109. The third-order valence-electron chi connectivity index (χ3n) is 6.95. The number of aromatic nitrogens is 2. The highest BCUT2D eigenvalue weighted by Crippen LogP contribution is 2.32. The largest absolute Gasteiger partial charge is 0.508 e. The molecule has 4 rings (SSSR count). The van der Waals surface area contributed by atoms with Crippen LogP contribution >= 0.6 is 0 Å². The van der Waals surface area contributed by atoms with Crippen molar-refractivity contribution < 1.29 is 29.3 Å². The van der Waals surface area contributed by atoms with Crippen LogP contribution in [0.4, 0.5) is 5.69 Å². The molecule has 0 bridgehead atoms. The number of aliphatic imine (C=N–C) groups is 1. The number of aliphatic hydroxyl groups excluding tert-OH is 1. The monoisotopic (exact) mass is 617 g/mol. The van der Waals surface area contributed by atoms with E-state index in [-0.39, 0.29) is 42.8 Å². The fourth-order valence-electron chi connectivity index (χ4n) is 4.61. The molecule has 3 aromatic rings. The van der Waals surface area contributed by atoms with E-state index in [4.69, 9.17) is 4.74 Å². The lowest BCUT2D eigenvalue weighted by atomic mass is 9.83. The fraction of sp³-hybridized carbons (Fsp3) is 0.375. The fourth-order valence-corrected chi connectivity index (χ4v) is 4.61. The van der Waals surface area contributed by atoms with Crippen molar-refractivity contribution in [1.29, 1.82) is 0 Å². The standard InChI is InChI=1S/C32H39N7O6/c1-5-45-29(43)12-27(20-6-19(22-13-33-18-34-14-22)7-23(8-20)32(2,3)4)39-28(42)17-35-30(44)21-9-24(11-25(40)10-21)38-31-36-15-26(41)16-37-31/h6-11,13-14,18,26-27,40-41H,5,12,15-17H2,1-4H3,(H,35,44)(H,39,42)(H2,36,37,38). The Hall–Kier alpha value is -5.04. The molecule has 6 N–H and O–H groups in total. The molecule has 2 atom stereocenters. The van der Waals surface area contributed by atoms with Crippen LogP contribution in [-0.4, -0.2) is 76.3 Å². The minimum atomic E-state index is -0.752. The van der Waals surface area contributed by atoms with Gasteiger partial charge in [-0.3, -0.25) is 19.4 Å². The molecule has 2 amide bonds. The van der Waals surface area contributed by atoms with Crippen LogP contribution in [0.3, 0.4) is 0 Å². The second-order valence-electron chi connectivity index (χ2n) is 11.7. The molecule has 45 heavy (non-hydrogen) atoms. The number of aliphatic hydroxyl groups is 1. The zero-order valence-electron chi connectivity index (χ0n) is 25.8. The Morgan fingerprint density at radius 1 is 1.07 bits per heavy atom. The number of esters is 1. The average Bonchev–Trinajstić information content (AvgIpc) is 3.00. The first-order chi connectivity index (χ1) is 21.4. The van der Waals surface area contributed by atoms with Crippen LogP contribution in [0, 0.1) is 0 Å². The van der Waals surface area contributed by atoms with Gasteiger partial charge in [-0.25, -0.2) is 9.97 Å². The van der Waals surface area contributed by atoms with E-state index >= 15 is 0 Å². The maximum atomic E-state index is 13.2. The number of benzene rings is 2. The first kappa shape index (κ1) is 32.9. The number of anilines is 1. The second-order valence-corrected chi connectivity index (χ2v) is 11.7. The van der Waals surface area contributed by atoms with E-state index in [1.807, 2.05) is 18.2 Å². The van der Waals surface area contributed by atoms with Crippen LogP contribution in [0.2, 0.25) is 0 Å². The van der Waals surface area contributed by atoms with Crippen LogP contribution in [-0.2, 0) is 19.7 Å². The molecule has 1 aromatic heterocycles. The van der Waals surface area contributed by atoms with Crippen molar-refractivity contribution in [1.82, 2.24) is 25.9 Å². The zero-order chi connectivity index (χ0) is 32.6. The number of phenolic OH excluding ortho intramolecular Hbond substituents is 1. The summed E-state index contributed by atoms with van der Waals surface area (Å²) in [6.07, 6.45) is 4.12. The first-order valence-electron chi connectivity index (χ1n) is 14.6. The van der Waals surface area contributed by atoms with Gasteiger partial charge in [0.15, 0.2) is 5.96 Å². The molecule has 1 aliphatic rings. The van der Waals surface area contributed by atoms with Gasteiger partial charge < -0.3 is 36.2 Å². The SMILES string of the molecule is CCOC(=O)CC(NC(=O)CNC(=O)c1cc(O)cc(NC2=NCC(O)CN2)c1)c1cc(-c2cncnc2)cc(C(C)(C)C)c1. The third kappa shape index (κ3) is 9.47. The maximum Gasteiger partial charge on any atom is 0.308 e. The molecule has 13 heteroatoms. The van der Waals surface area contributed by atoms with E-state index in [0.717, 1.165) is 16.7 Å². The number of aromatic hydroxyl groups is 1. The van der Waals surface area contributed by atoms with E-state index in [1.54, 1.807) is 19.3 Å². The Kier molecular flexibility index (Phi) is 10.7. The number of phenols is 1. The molecule has 13 nitrogen and oxygen atoms in total. The molecule has 0 spiro atoms. The number of nitrogens with one attached hydrogen (secondary N) is 4. The lowest BCUT2D eigenvalue weighted by Gasteiger charge is -2.25. The van der Waals surface area contributed by atoms with Crippen molar-refractivity contribution in [3.63, 3.8) is 0 Å². The lowest BCUT2D eigenvalue weighted by Crippen LogP contribution is -2.42. The number of nitrogens with zero attached hydrogens (tertiary/aromatic N) is 3. The molecule has 0 radical (unpaired) electrons. The van der Waals surface area contributed by atoms with E-state index in [2.05, 4.69) is 57.0 Å². The molecule has 0 aliphatic carbocycles. The van der Waals surface area contributed by atoms with Crippen LogP contribution in [0.1, 0.15) is 61.6 Å². The normalized spacial score (nSPS) is 15.2. The van der Waals surface area contributed by atoms with Gasteiger partial charge in [-0.05, 0) is 47.2 Å². The Morgan fingerprint density at radius 2 is 1.82 bits per heavy atom. The first-order valence-corrected chi connectivity index (χ1v) is 14.6. The number of hydrogen-bond acceptors (Lipinski definition) is 11. The quantitative estimate of drug-likeness (QED) is 0.185. The molecule has 1 aliphatic heterocycles. The van der Waals surface area contributed by atoms with E-state index in [1.165, 1.54) is 24.5 Å². The topological polar surface area (TPSA) is 187 Å². The molecule has 2 unspecified atom stereocenters. The van der Waals surface area contributed by atoms with Gasteiger partial charge in [-0.1, -0.05) is 32.9 Å². The van der Waals surface area contributed by atoms with E-state index < -0.39 is 29.9 Å². The number of hydrogen-bond donors (Lipinski definition) is 6. The second kappa shape index (κ2) is 14.6. The minimum Gasteiger partial charge on any atom is -0.508 e. The average molecular weight is 618 g/mol. The number of guanidine groups is 1. The van der Waals surface area contributed by atoms with Crippen molar-refractivity contribution in [2.75, 3.05) is 31.6 Å². The van der Waals surface area contributed by atoms with E-state index in [9.17, 15) is 24.6 Å². The van der Waals surface area contributed by atoms with Crippen molar-refractivity contribution in [3.05, 3.63) is 71.8 Å². The van der Waals surface area contributed by atoms with Gasteiger partial charge >= 0.3 is 5.97 Å². The maximum absolute atomic E-state index is 13.2. The van der Waals surface area contributed by atoms with Gasteiger partial charge in [0.25, 0.3) is 5.91 Å². The van der Waals surface area contributed by atoms with Crippen LogP contribution in [0.5, 0.6) is 5.75 Å². The van der Waals surface area contributed by atoms with Gasteiger partial charge in [0.1, 0.15) is 12.1 Å². The summed E-state index contributed by atoms with van der Waals surface area (Å²) in [6, 6.07) is 9.30. The molecule has 0 saturated carbocycles. The summed E-state index contributed by atoms with van der Waals surface area (Å²) < 4.78 is 5.19. The van der Waals surface area contributed by atoms with Gasteiger partial charge in [0.2, 0.25) is 5.91 Å². The Labute approximate surface area is 261 Å². The summed E-state index contributed by atoms with van der Waals surface area (Å²) in [6.45, 7) is 8.24. The number of amides is 2. The van der Waals surface area contributed by atoms with Crippen LogP contribution in [0.25, 0.3) is 11.1 Å². The highest BCUT2D eigenvalue weighted by atomic mass is 16.5. The number of ether oxygens (including phenoxy) is 1. The van der Waals surface area contributed by atoms with Crippen molar-refractivity contribution in [3.8, 4) is 16.9 Å². The van der Waals surface area contributed by atoms with Crippen molar-refractivity contribution >= 4 is 29.4 Å². The number of β-amino-alcohol motifs (C(OH)–C–C–N with tert-alkyl or cyclic N) is 1. The summed E-state index contributed by atoms with van der Waals surface area (Å²) in [5, 5.41) is 31.1. The van der Waals surface area contributed by atoms with Gasteiger partial charge in [0.05, 0.1) is 38.3 Å². The summed E-state index contributed by atoms with van der Waals surface area (Å²) in [4.78, 5) is 51.1. The van der Waals surface area contributed by atoms with Crippen LogP contribution in [0.15, 0.2) is 60.1 Å². The zero-order valence-corrected chi connectivity index (χ0v) is 25.8. The molecular formula is C32H39N7O6. The molecule has 0 fully saturated rings. The predicted molar refractivity (Wildman–Crippen MR) is 169 cm³/mol. The predicted octanol–water partition coefficient (Wildman–Crippen LogP) is 2.42. The number of rotatable bonds is 10. The molecule has 2 heterocycles. The highest BCUT2D eigenvalue weighted by Gasteiger charge is 2.24. The van der Waals surface area contributed by atoms with Gasteiger partial charge in [-0.2, -0.15) is 0 Å². The number of carbonyl (C=O) groups excluding carboxylic acids is 3. The molecule has 2 aromatic carbocycles. The summed E-state index contributed by atoms with van der Waals surface area (Å²) in [7, 11) is 0. The van der Waals surface area contributed by atoms with E-state index in [0.29, 0.717) is 23.8 Å². The van der Waals surface area contributed by atoms with Crippen molar-refractivity contribution in [2.45, 2.75) is 51.7 Å². The smallest absolute Gasteiger partial charge is 0.308 e. The Balaban J connectivity index is 1.51. The molecule has 238 valence electrons. The summed E-state index contributed by atoms with van der Waals surface area (Å²) in [5.41, 5.74) is 3.52. The highest BCUT2D eigenvalue weighted by molar-refractivity contribution is 6.00. The van der Waals surface area contributed by atoms with Gasteiger partial charge in [-0.15, -0.1) is 0 Å². The summed E-state index contributed by atoms with van der Waals surface area (Å²) in [5.74, 6) is -1.38. The molecular weight excluding hydrogens is 578 g/mol. The Morgan fingerprint density at radius 3 is 2.49 bits per heavy atom. The Bertz CT molecular complexity index is 1560. The van der Waals surface area contributed by atoms with Gasteiger partial charge in [0, 0.05) is 41.8 Å². The third-order valence-corrected chi connectivity index (χ3v) is 6.95. The molecule has 0 saturated heterocycles. The van der Waals surface area contributed by atoms with Crippen molar-refractivity contribution in [2.24, 2.45) is 4.99 Å². The lowest BCUT2D eigenvalue weighted by molar-refractivity contribution is -0.143. The summed E-state index contributed by atoms with van der Waals surface area (Å²) >= 11 is 0. The van der Waals surface area contributed by atoms with Crippen LogP contribution < -0.4 is 21.3 Å².